The van der Waals surface area contributed by atoms with Crippen LogP contribution >= 0.6 is 0 Å². The maximum Gasteiger partial charge on any atom is 0.161 e. The van der Waals surface area contributed by atoms with Gasteiger partial charge in [-0.2, -0.15) is 0 Å². The molecule has 17 heavy (non-hydrogen) atoms. The molecule has 0 fully saturated rings. The van der Waals surface area contributed by atoms with Gasteiger partial charge in [-0.3, -0.25) is 0 Å². The summed E-state index contributed by atoms with van der Waals surface area (Å²) in [4.78, 5) is 11.0. The normalized spacial score (nSPS) is 15.4. The van der Waals surface area contributed by atoms with E-state index in [2.05, 4.69) is 13.0 Å². The van der Waals surface area contributed by atoms with E-state index in [1.807, 2.05) is 12.1 Å². The van der Waals surface area contributed by atoms with Crippen molar-refractivity contribution in [3.8, 4) is 11.5 Å². The van der Waals surface area contributed by atoms with Crippen LogP contribution in [-0.2, 0) is 4.79 Å². The number of hydrogen-bond donors (Lipinski definition) is 0. The first-order valence-corrected chi connectivity index (χ1v) is 6.06. The van der Waals surface area contributed by atoms with Crippen LogP contribution in [0.3, 0.4) is 0 Å². The molecule has 1 aromatic carbocycles. The number of rotatable bonds is 4. The van der Waals surface area contributed by atoms with Crippen molar-refractivity contribution in [2.45, 2.75) is 32.6 Å². The lowest BCUT2D eigenvalue weighted by molar-refractivity contribution is -0.117. The van der Waals surface area contributed by atoms with E-state index in [9.17, 15) is 4.79 Å². The van der Waals surface area contributed by atoms with Gasteiger partial charge in [0.25, 0.3) is 0 Å². The number of benzene rings is 1. The molecule has 0 saturated carbocycles. The van der Waals surface area contributed by atoms with Gasteiger partial charge in [0.2, 0.25) is 0 Å². The van der Waals surface area contributed by atoms with Crippen LogP contribution in [0.15, 0.2) is 18.2 Å². The first-order valence-electron chi connectivity index (χ1n) is 6.06. The van der Waals surface area contributed by atoms with Gasteiger partial charge in [0.1, 0.15) is 19.0 Å². The second-order valence-electron chi connectivity index (χ2n) is 4.54. The molecule has 92 valence electrons. The van der Waals surface area contributed by atoms with Crippen LogP contribution in [-0.4, -0.2) is 19.0 Å². The highest BCUT2D eigenvalue weighted by Crippen LogP contribution is 2.34. The van der Waals surface area contributed by atoms with E-state index >= 15 is 0 Å². The minimum Gasteiger partial charge on any atom is -0.486 e. The number of Topliss-reactive ketones (excluding diaryl/α,β-unsaturated/α-hetero) is 1. The molecule has 1 aliphatic rings. The predicted octanol–water partition coefficient (Wildman–Crippen LogP) is 2.93. The second-order valence-corrected chi connectivity index (χ2v) is 4.54. The number of hydrogen-bond acceptors (Lipinski definition) is 3. The molecule has 3 nitrogen and oxygen atoms in total. The molecule has 0 aromatic heterocycles. The Kier molecular flexibility index (Phi) is 3.67. The molecule has 1 heterocycles. The third-order valence-electron chi connectivity index (χ3n) is 3.06. The number of ketones is 1. The molecular weight excluding hydrogens is 216 g/mol. The fourth-order valence-electron chi connectivity index (χ4n) is 1.95. The highest BCUT2D eigenvalue weighted by molar-refractivity contribution is 5.75. The smallest absolute Gasteiger partial charge is 0.161 e. The molecule has 3 heteroatoms. The molecule has 1 atom stereocenters. The Labute approximate surface area is 102 Å². The topological polar surface area (TPSA) is 35.5 Å². The molecule has 0 bridgehead atoms. The van der Waals surface area contributed by atoms with Crippen molar-refractivity contribution in [1.82, 2.24) is 0 Å². The van der Waals surface area contributed by atoms with Gasteiger partial charge in [0.05, 0.1) is 0 Å². The Hall–Kier alpha value is -1.51. The van der Waals surface area contributed by atoms with Crippen molar-refractivity contribution in [1.29, 1.82) is 0 Å². The van der Waals surface area contributed by atoms with Crippen LogP contribution in [0.4, 0.5) is 0 Å². The molecular formula is C14H18O3. The summed E-state index contributed by atoms with van der Waals surface area (Å²) in [5.74, 6) is 2.26. The summed E-state index contributed by atoms with van der Waals surface area (Å²) in [7, 11) is 0. The van der Waals surface area contributed by atoms with E-state index in [4.69, 9.17) is 9.47 Å². The number of ether oxygens (including phenoxy) is 2. The quantitative estimate of drug-likeness (QED) is 0.803. The molecule has 2 rings (SSSR count). The van der Waals surface area contributed by atoms with Crippen LogP contribution in [0.25, 0.3) is 0 Å². The standard InChI is InChI=1S/C14H18O3/c1-10(3-4-11(2)15)12-5-6-13-14(9-12)17-8-7-16-13/h5-6,9-10H,3-4,7-8H2,1-2H3. The lowest BCUT2D eigenvalue weighted by Gasteiger charge is -2.20. The molecule has 0 amide bonds. The van der Waals surface area contributed by atoms with Gasteiger partial charge < -0.3 is 14.3 Å². The Bertz CT molecular complexity index is 412. The minimum atomic E-state index is 0.245. The third kappa shape index (κ3) is 2.99. The van der Waals surface area contributed by atoms with Gasteiger partial charge >= 0.3 is 0 Å². The van der Waals surface area contributed by atoms with Crippen molar-refractivity contribution >= 4 is 5.78 Å². The number of carbonyl (C=O) groups is 1. The Morgan fingerprint density at radius 3 is 2.71 bits per heavy atom. The molecule has 0 radical (unpaired) electrons. The lowest BCUT2D eigenvalue weighted by Crippen LogP contribution is -2.15. The van der Waals surface area contributed by atoms with Crippen LogP contribution in [0.1, 0.15) is 38.2 Å². The SMILES string of the molecule is CC(=O)CCC(C)c1ccc2c(c1)OCCO2. The largest absolute Gasteiger partial charge is 0.486 e. The fourth-order valence-corrected chi connectivity index (χ4v) is 1.95. The zero-order valence-corrected chi connectivity index (χ0v) is 10.4. The van der Waals surface area contributed by atoms with E-state index in [0.717, 1.165) is 17.9 Å². The monoisotopic (exact) mass is 234 g/mol. The first kappa shape index (κ1) is 12.0. The predicted molar refractivity (Wildman–Crippen MR) is 65.8 cm³/mol. The van der Waals surface area contributed by atoms with Gasteiger partial charge in [0, 0.05) is 6.42 Å². The minimum absolute atomic E-state index is 0.245. The summed E-state index contributed by atoms with van der Waals surface area (Å²) in [6.07, 6.45) is 1.52. The molecule has 0 N–H and O–H groups in total. The lowest BCUT2D eigenvalue weighted by atomic mass is 9.95. The van der Waals surface area contributed by atoms with Crippen LogP contribution in [0.2, 0.25) is 0 Å². The fraction of sp³-hybridized carbons (Fsp3) is 0.500. The summed E-state index contributed by atoms with van der Waals surface area (Å²) >= 11 is 0. The average molecular weight is 234 g/mol. The van der Waals surface area contributed by atoms with Gasteiger partial charge in [-0.25, -0.2) is 0 Å². The van der Waals surface area contributed by atoms with Gasteiger partial charge in [-0.05, 0) is 37.0 Å². The zero-order valence-electron chi connectivity index (χ0n) is 10.4. The van der Waals surface area contributed by atoms with Gasteiger partial charge in [0.15, 0.2) is 11.5 Å². The molecule has 0 spiro atoms. The molecule has 1 aromatic rings. The summed E-state index contributed by atoms with van der Waals surface area (Å²) in [6, 6.07) is 6.03. The maximum absolute atomic E-state index is 11.0. The molecule has 0 saturated heterocycles. The third-order valence-corrected chi connectivity index (χ3v) is 3.06. The Morgan fingerprint density at radius 2 is 2.00 bits per heavy atom. The Balaban J connectivity index is 2.08. The summed E-state index contributed by atoms with van der Waals surface area (Å²) in [5, 5.41) is 0. The first-order chi connectivity index (χ1) is 8.16. The van der Waals surface area contributed by atoms with Crippen molar-refractivity contribution in [2.24, 2.45) is 0 Å². The number of carbonyl (C=O) groups excluding carboxylic acids is 1. The highest BCUT2D eigenvalue weighted by atomic mass is 16.6. The number of fused-ring (bicyclic) bond motifs is 1. The maximum atomic E-state index is 11.0. The van der Waals surface area contributed by atoms with Crippen molar-refractivity contribution in [2.75, 3.05) is 13.2 Å². The molecule has 1 aliphatic heterocycles. The van der Waals surface area contributed by atoms with E-state index in [1.165, 1.54) is 5.56 Å². The highest BCUT2D eigenvalue weighted by Gasteiger charge is 2.14. The summed E-state index contributed by atoms with van der Waals surface area (Å²) in [6.45, 7) is 5.00. The van der Waals surface area contributed by atoms with Crippen molar-refractivity contribution in [3.63, 3.8) is 0 Å². The second kappa shape index (κ2) is 5.21. The summed E-state index contributed by atoms with van der Waals surface area (Å²) in [5.41, 5.74) is 1.20. The van der Waals surface area contributed by atoms with E-state index < -0.39 is 0 Å². The van der Waals surface area contributed by atoms with Crippen molar-refractivity contribution in [3.05, 3.63) is 23.8 Å². The Morgan fingerprint density at radius 1 is 1.29 bits per heavy atom. The summed E-state index contributed by atoms with van der Waals surface area (Å²) < 4.78 is 11.0. The van der Waals surface area contributed by atoms with E-state index in [-0.39, 0.29) is 5.78 Å². The van der Waals surface area contributed by atoms with Crippen molar-refractivity contribution < 1.29 is 14.3 Å². The van der Waals surface area contributed by atoms with Crippen LogP contribution in [0.5, 0.6) is 11.5 Å². The molecule has 1 unspecified atom stereocenters. The van der Waals surface area contributed by atoms with Crippen LogP contribution < -0.4 is 9.47 Å². The van der Waals surface area contributed by atoms with Gasteiger partial charge in [-0.1, -0.05) is 13.0 Å². The average Bonchev–Trinajstić information content (AvgIpc) is 2.35. The van der Waals surface area contributed by atoms with E-state index in [0.29, 0.717) is 25.6 Å². The zero-order chi connectivity index (χ0) is 12.3. The van der Waals surface area contributed by atoms with E-state index in [1.54, 1.807) is 6.92 Å². The van der Waals surface area contributed by atoms with Crippen LogP contribution in [0, 0.1) is 0 Å². The van der Waals surface area contributed by atoms with Gasteiger partial charge in [-0.15, -0.1) is 0 Å². The molecule has 0 aliphatic carbocycles.